The summed E-state index contributed by atoms with van der Waals surface area (Å²) in [6.07, 6.45) is 0. The van der Waals surface area contributed by atoms with Crippen LogP contribution in [0.1, 0.15) is 11.6 Å². The van der Waals surface area contributed by atoms with Gasteiger partial charge in [-0.15, -0.1) is 10.2 Å². The molecule has 1 aliphatic heterocycles. The number of thioether (sulfide) groups is 1. The van der Waals surface area contributed by atoms with Gasteiger partial charge in [-0.2, -0.15) is 0 Å². The maximum Gasteiger partial charge on any atom is 0.240 e. The molecule has 1 aromatic heterocycles. The fraction of sp³-hybridized carbons (Fsp3) is 0.0870. The van der Waals surface area contributed by atoms with Crippen LogP contribution in [-0.2, 0) is 4.79 Å². The summed E-state index contributed by atoms with van der Waals surface area (Å²) >= 11 is 7.08. The zero-order chi connectivity index (χ0) is 22.9. The van der Waals surface area contributed by atoms with Crippen molar-refractivity contribution in [2.24, 2.45) is 0 Å². The second-order valence-corrected chi connectivity index (χ2v) is 8.84. The van der Waals surface area contributed by atoms with Crippen molar-refractivity contribution < 1.29 is 13.6 Å². The third-order valence-electron chi connectivity index (χ3n) is 5.14. The third-order valence-corrected chi connectivity index (χ3v) is 6.65. The van der Waals surface area contributed by atoms with Gasteiger partial charge in [0, 0.05) is 11.3 Å². The van der Waals surface area contributed by atoms with E-state index in [1.54, 1.807) is 16.8 Å². The van der Waals surface area contributed by atoms with E-state index in [1.165, 1.54) is 42.1 Å². The number of rotatable bonds is 4. The van der Waals surface area contributed by atoms with E-state index in [2.05, 4.69) is 20.9 Å². The van der Waals surface area contributed by atoms with E-state index in [4.69, 9.17) is 11.6 Å². The van der Waals surface area contributed by atoms with Crippen LogP contribution in [-0.4, -0.2) is 26.0 Å². The monoisotopic (exact) mass is 483 g/mol. The van der Waals surface area contributed by atoms with E-state index in [0.717, 1.165) is 5.56 Å². The number of carbonyl (C=O) groups excluding carboxylic acids is 1. The Kier molecular flexibility index (Phi) is 5.74. The number of hydrogen-bond acceptors (Lipinski definition) is 5. The second-order valence-electron chi connectivity index (χ2n) is 7.32. The maximum absolute atomic E-state index is 13.6. The minimum Gasteiger partial charge on any atom is -0.325 e. The van der Waals surface area contributed by atoms with Gasteiger partial charge >= 0.3 is 0 Å². The summed E-state index contributed by atoms with van der Waals surface area (Å²) in [4.78, 5) is 13.3. The molecule has 0 spiro atoms. The average Bonchev–Trinajstić information content (AvgIpc) is 3.25. The molecule has 0 saturated carbocycles. The zero-order valence-corrected chi connectivity index (χ0v) is 18.4. The SMILES string of the molecule is O=C(Nc1ccc(F)c(Cl)c1)[C@H]1Sc2nnc(-c3ccccc3)n2N[C@H]1c1ccc(F)cc1. The smallest absolute Gasteiger partial charge is 0.240 e. The molecule has 0 bridgehead atoms. The predicted molar refractivity (Wildman–Crippen MR) is 124 cm³/mol. The lowest BCUT2D eigenvalue weighted by Gasteiger charge is -2.33. The predicted octanol–water partition coefficient (Wildman–Crippen LogP) is 5.27. The lowest BCUT2D eigenvalue weighted by Crippen LogP contribution is -2.41. The molecular weight excluding hydrogens is 468 g/mol. The first-order valence-electron chi connectivity index (χ1n) is 9.95. The number of fused-ring (bicyclic) bond motifs is 1. The normalized spacial score (nSPS) is 17.2. The molecule has 1 aliphatic rings. The van der Waals surface area contributed by atoms with Gasteiger partial charge in [0.1, 0.15) is 16.9 Å². The van der Waals surface area contributed by atoms with Crippen LogP contribution in [0.2, 0.25) is 5.02 Å². The number of nitrogens with one attached hydrogen (secondary N) is 2. The molecule has 6 nitrogen and oxygen atoms in total. The molecule has 33 heavy (non-hydrogen) atoms. The molecule has 0 saturated heterocycles. The van der Waals surface area contributed by atoms with Gasteiger partial charge < -0.3 is 10.7 Å². The van der Waals surface area contributed by atoms with Crippen LogP contribution in [0, 0.1) is 11.6 Å². The molecule has 2 atom stereocenters. The first-order valence-corrected chi connectivity index (χ1v) is 11.2. The van der Waals surface area contributed by atoms with Crippen LogP contribution in [0.25, 0.3) is 11.4 Å². The van der Waals surface area contributed by atoms with Crippen LogP contribution in [0.4, 0.5) is 14.5 Å². The van der Waals surface area contributed by atoms with Crippen LogP contribution in [0.3, 0.4) is 0 Å². The van der Waals surface area contributed by atoms with Crippen LogP contribution in [0.15, 0.2) is 78.0 Å². The van der Waals surface area contributed by atoms with Gasteiger partial charge in [0.05, 0.1) is 11.1 Å². The molecule has 4 aromatic rings. The lowest BCUT2D eigenvalue weighted by atomic mass is 10.0. The number of hydrogen-bond donors (Lipinski definition) is 2. The van der Waals surface area contributed by atoms with Crippen molar-refractivity contribution in [3.8, 4) is 11.4 Å². The molecular formula is C23H16ClF2N5OS. The quantitative estimate of drug-likeness (QED) is 0.413. The molecule has 2 N–H and O–H groups in total. The average molecular weight is 484 g/mol. The molecule has 166 valence electrons. The van der Waals surface area contributed by atoms with Gasteiger partial charge in [-0.1, -0.05) is 65.8 Å². The maximum atomic E-state index is 13.6. The Bertz CT molecular complexity index is 1320. The Morgan fingerprint density at radius 1 is 1.03 bits per heavy atom. The molecule has 5 rings (SSSR count). The number of benzene rings is 3. The summed E-state index contributed by atoms with van der Waals surface area (Å²) < 4.78 is 28.8. The fourth-order valence-corrected chi connectivity index (χ4v) is 4.80. The minimum atomic E-state index is -0.681. The molecule has 0 unspecified atom stereocenters. The molecule has 0 radical (unpaired) electrons. The molecule has 0 fully saturated rings. The van der Waals surface area contributed by atoms with Crippen molar-refractivity contribution in [2.75, 3.05) is 10.7 Å². The van der Waals surface area contributed by atoms with Crippen LogP contribution < -0.4 is 10.7 Å². The summed E-state index contributed by atoms with van der Waals surface area (Å²) in [5, 5.41) is 11.0. The van der Waals surface area contributed by atoms with Gasteiger partial charge in [-0.3, -0.25) is 4.79 Å². The summed E-state index contributed by atoms with van der Waals surface area (Å²) in [6, 6.07) is 18.9. The summed E-state index contributed by atoms with van der Waals surface area (Å²) in [5.74, 6) is -0.706. The zero-order valence-electron chi connectivity index (χ0n) is 16.9. The van der Waals surface area contributed by atoms with Crippen LogP contribution in [0.5, 0.6) is 0 Å². The first-order chi connectivity index (χ1) is 16.0. The van der Waals surface area contributed by atoms with Crippen molar-refractivity contribution in [1.82, 2.24) is 14.9 Å². The van der Waals surface area contributed by atoms with Crippen molar-refractivity contribution in [3.05, 3.63) is 95.0 Å². The van der Waals surface area contributed by atoms with Crippen molar-refractivity contribution >= 4 is 35.0 Å². The van der Waals surface area contributed by atoms with E-state index in [1.807, 2.05) is 30.3 Å². The Hall–Kier alpha value is -3.43. The topological polar surface area (TPSA) is 71.8 Å². The molecule has 1 amide bonds. The van der Waals surface area contributed by atoms with Crippen molar-refractivity contribution in [2.45, 2.75) is 16.4 Å². The van der Waals surface area contributed by atoms with Crippen LogP contribution >= 0.6 is 23.4 Å². The minimum absolute atomic E-state index is 0.0930. The van der Waals surface area contributed by atoms with E-state index in [9.17, 15) is 13.6 Å². The van der Waals surface area contributed by atoms with E-state index >= 15 is 0 Å². The van der Waals surface area contributed by atoms with Gasteiger partial charge in [0.2, 0.25) is 11.1 Å². The Labute approximate surface area is 197 Å². The highest BCUT2D eigenvalue weighted by atomic mass is 35.5. The first kappa shape index (κ1) is 21.4. The van der Waals surface area contributed by atoms with E-state index in [0.29, 0.717) is 22.2 Å². The van der Waals surface area contributed by atoms with E-state index in [-0.39, 0.29) is 16.7 Å². The lowest BCUT2D eigenvalue weighted by molar-refractivity contribution is -0.116. The number of carbonyl (C=O) groups is 1. The standard InChI is InChI=1S/C23H16ClF2N5OS/c24-17-12-16(10-11-18(17)26)27-22(32)20-19(13-6-8-15(25)9-7-13)30-31-21(28-29-23(31)33-20)14-4-2-1-3-5-14/h1-12,19-20,30H,(H,27,32)/t19-,20-/m0/s1. The summed E-state index contributed by atoms with van der Waals surface area (Å²) in [6.45, 7) is 0. The number of amides is 1. The Balaban J connectivity index is 1.50. The van der Waals surface area contributed by atoms with E-state index < -0.39 is 17.1 Å². The highest BCUT2D eigenvalue weighted by Crippen LogP contribution is 2.39. The second kappa shape index (κ2) is 8.84. The number of halogens is 3. The molecule has 10 heteroatoms. The molecule has 0 aliphatic carbocycles. The fourth-order valence-electron chi connectivity index (χ4n) is 3.54. The van der Waals surface area contributed by atoms with Crippen molar-refractivity contribution in [3.63, 3.8) is 0 Å². The molecule has 2 heterocycles. The summed E-state index contributed by atoms with van der Waals surface area (Å²) in [5.41, 5.74) is 5.24. The number of anilines is 1. The number of nitrogens with zero attached hydrogens (tertiary/aromatic N) is 3. The molecule has 3 aromatic carbocycles. The van der Waals surface area contributed by atoms with Gasteiger partial charge in [-0.05, 0) is 35.9 Å². The van der Waals surface area contributed by atoms with Gasteiger partial charge in [0.15, 0.2) is 5.82 Å². The van der Waals surface area contributed by atoms with Crippen molar-refractivity contribution in [1.29, 1.82) is 0 Å². The largest absolute Gasteiger partial charge is 0.325 e. The Morgan fingerprint density at radius 3 is 2.52 bits per heavy atom. The Morgan fingerprint density at radius 2 is 1.79 bits per heavy atom. The number of aromatic nitrogens is 3. The third kappa shape index (κ3) is 4.29. The van der Waals surface area contributed by atoms with Gasteiger partial charge in [0.25, 0.3) is 0 Å². The highest BCUT2D eigenvalue weighted by molar-refractivity contribution is 8.00. The summed E-state index contributed by atoms with van der Waals surface area (Å²) in [7, 11) is 0. The van der Waals surface area contributed by atoms with Gasteiger partial charge in [-0.25, -0.2) is 13.5 Å². The highest BCUT2D eigenvalue weighted by Gasteiger charge is 2.38.